The third-order valence-corrected chi connectivity index (χ3v) is 10.3. The molecule has 2 heterocycles. The molecule has 0 bridgehead atoms. The fourth-order valence-corrected chi connectivity index (χ4v) is 6.59. The Bertz CT molecular complexity index is 1650. The number of ether oxygens (including phenoxy) is 1. The predicted octanol–water partition coefficient (Wildman–Crippen LogP) is 7.71. The van der Waals surface area contributed by atoms with Crippen molar-refractivity contribution < 1.29 is 49.4 Å². The fourth-order valence-electron chi connectivity index (χ4n) is 5.83. The van der Waals surface area contributed by atoms with Gasteiger partial charge in [-0.05, 0) is 49.4 Å². The lowest BCUT2D eigenvalue weighted by Crippen LogP contribution is -2.40. The summed E-state index contributed by atoms with van der Waals surface area (Å²) >= 11 is 0. The summed E-state index contributed by atoms with van der Waals surface area (Å²) in [6, 6.07) is 3.95. The molecule has 1 fully saturated rings. The van der Waals surface area contributed by atoms with Crippen molar-refractivity contribution in [3.63, 3.8) is 0 Å². The second kappa shape index (κ2) is 16.0. The standard InChI is InChI=1S/C32H43F8N7O3Si/c1-20(42-26(48)9-11-31(35,36)37)21-7-8-25-23(16-21)43-28(46(25)19-50-14-15-51(2,3)4)27(22-6-5-10-30(33,34)17-22)44-29(49)24-18-41-47(45-24)13-12-32(38,39)40/h7-8,16,18,20,22,27H,5-6,9-15,17,19H2,1-4H3,(H,42,48)(H,44,49)/t20-,22-,27+/m1/s1. The average molecular weight is 754 g/mol. The average Bonchev–Trinajstić information content (AvgIpc) is 3.63. The molecule has 2 N–H and O–H groups in total. The van der Waals surface area contributed by atoms with E-state index in [0.29, 0.717) is 29.6 Å². The Morgan fingerprint density at radius 2 is 1.78 bits per heavy atom. The monoisotopic (exact) mass is 753 g/mol. The zero-order chi connectivity index (χ0) is 37.8. The molecule has 1 aromatic carbocycles. The van der Waals surface area contributed by atoms with Gasteiger partial charge in [-0.2, -0.15) is 36.2 Å². The van der Waals surface area contributed by atoms with E-state index in [0.717, 1.165) is 17.0 Å². The number of halogens is 8. The molecule has 0 spiro atoms. The van der Waals surface area contributed by atoms with Crippen molar-refractivity contribution in [2.75, 3.05) is 6.61 Å². The molecule has 0 radical (unpaired) electrons. The van der Waals surface area contributed by atoms with E-state index in [9.17, 15) is 44.7 Å². The van der Waals surface area contributed by atoms with Crippen molar-refractivity contribution in [1.82, 2.24) is 35.2 Å². The topological polar surface area (TPSA) is 116 Å². The Kier molecular flexibility index (Phi) is 12.6. The molecule has 0 unspecified atom stereocenters. The third kappa shape index (κ3) is 12.2. The minimum absolute atomic E-state index is 0.0531. The molecule has 0 saturated heterocycles. The quantitative estimate of drug-likeness (QED) is 0.0934. The molecule has 3 aromatic rings. The first-order valence-corrected chi connectivity index (χ1v) is 20.4. The summed E-state index contributed by atoms with van der Waals surface area (Å²) in [6.07, 6.45) is -11.6. The number of amides is 2. The number of carbonyl (C=O) groups is 2. The Morgan fingerprint density at radius 3 is 2.43 bits per heavy atom. The van der Waals surface area contributed by atoms with Gasteiger partial charge in [-0.15, -0.1) is 5.10 Å². The molecule has 4 rings (SSSR count). The number of nitrogens with one attached hydrogen (secondary N) is 2. The van der Waals surface area contributed by atoms with Crippen LogP contribution in [0.5, 0.6) is 0 Å². The largest absolute Gasteiger partial charge is 0.390 e. The summed E-state index contributed by atoms with van der Waals surface area (Å²) in [5, 5.41) is 12.9. The van der Waals surface area contributed by atoms with Crippen molar-refractivity contribution in [3.05, 3.63) is 41.5 Å². The number of imidazole rings is 1. The molecule has 2 amide bonds. The van der Waals surface area contributed by atoms with Crippen LogP contribution in [0.4, 0.5) is 35.1 Å². The van der Waals surface area contributed by atoms with Crippen molar-refractivity contribution >= 4 is 30.9 Å². The number of rotatable bonds is 15. The molecule has 10 nitrogen and oxygen atoms in total. The second-order valence-corrected chi connectivity index (χ2v) is 19.9. The Hall–Kier alpha value is -3.61. The van der Waals surface area contributed by atoms with Crippen LogP contribution in [0.3, 0.4) is 0 Å². The van der Waals surface area contributed by atoms with Crippen LogP contribution in [0.15, 0.2) is 24.4 Å². The highest BCUT2D eigenvalue weighted by atomic mass is 28.3. The van der Waals surface area contributed by atoms with Gasteiger partial charge in [0.25, 0.3) is 5.91 Å². The maximum absolute atomic E-state index is 14.8. The minimum atomic E-state index is -4.49. The van der Waals surface area contributed by atoms with Crippen LogP contribution in [0.1, 0.15) is 85.8 Å². The Morgan fingerprint density at radius 1 is 1.08 bits per heavy atom. The van der Waals surface area contributed by atoms with Crippen molar-refractivity contribution in [1.29, 1.82) is 0 Å². The summed E-state index contributed by atoms with van der Waals surface area (Å²) in [5.41, 5.74) is 1.07. The minimum Gasteiger partial charge on any atom is -0.361 e. The van der Waals surface area contributed by atoms with Gasteiger partial charge in [0.05, 0.1) is 48.7 Å². The number of fused-ring (bicyclic) bond motifs is 1. The molecule has 51 heavy (non-hydrogen) atoms. The van der Waals surface area contributed by atoms with Gasteiger partial charge in [-0.3, -0.25) is 9.59 Å². The molecular formula is C32H43F8N7O3Si. The molecule has 19 heteroatoms. The first kappa shape index (κ1) is 40.2. The molecule has 0 aliphatic heterocycles. The van der Waals surface area contributed by atoms with Gasteiger partial charge >= 0.3 is 12.4 Å². The maximum Gasteiger partial charge on any atom is 0.390 e. The highest BCUT2D eigenvalue weighted by Gasteiger charge is 2.42. The highest BCUT2D eigenvalue weighted by Crippen LogP contribution is 2.43. The van der Waals surface area contributed by atoms with E-state index in [-0.39, 0.29) is 31.1 Å². The number of hydrogen-bond acceptors (Lipinski definition) is 6. The van der Waals surface area contributed by atoms with Crippen LogP contribution in [-0.2, 0) is 22.8 Å². The molecular weight excluding hydrogens is 710 g/mol. The zero-order valence-electron chi connectivity index (χ0n) is 28.8. The summed E-state index contributed by atoms with van der Waals surface area (Å²) in [7, 11) is -1.50. The predicted molar refractivity (Wildman–Crippen MR) is 173 cm³/mol. The lowest BCUT2D eigenvalue weighted by atomic mass is 9.81. The van der Waals surface area contributed by atoms with E-state index >= 15 is 0 Å². The zero-order valence-corrected chi connectivity index (χ0v) is 29.8. The first-order chi connectivity index (χ1) is 23.6. The number of aryl methyl sites for hydroxylation is 1. The number of alkyl halides is 8. The Balaban J connectivity index is 1.69. The van der Waals surface area contributed by atoms with Gasteiger partial charge < -0.3 is 19.9 Å². The van der Waals surface area contributed by atoms with Crippen LogP contribution < -0.4 is 10.6 Å². The number of benzene rings is 1. The van der Waals surface area contributed by atoms with Crippen LogP contribution in [-0.4, -0.2) is 69.3 Å². The van der Waals surface area contributed by atoms with Crippen molar-refractivity contribution in [3.8, 4) is 0 Å². The van der Waals surface area contributed by atoms with Gasteiger partial charge in [0.2, 0.25) is 11.8 Å². The molecule has 3 atom stereocenters. The summed E-state index contributed by atoms with van der Waals surface area (Å²) in [4.78, 5) is 31.2. The second-order valence-electron chi connectivity index (χ2n) is 14.3. The van der Waals surface area contributed by atoms with Crippen molar-refractivity contribution in [2.45, 2.75) is 121 Å². The summed E-state index contributed by atoms with van der Waals surface area (Å²) in [6.45, 7) is 7.84. The number of hydrogen-bond donors (Lipinski definition) is 2. The van der Waals surface area contributed by atoms with Gasteiger partial charge in [0.15, 0.2) is 5.69 Å². The number of carbonyl (C=O) groups excluding carboxylic acids is 2. The first-order valence-electron chi connectivity index (χ1n) is 16.7. The maximum atomic E-state index is 14.8. The molecule has 1 aliphatic carbocycles. The van der Waals surface area contributed by atoms with Crippen molar-refractivity contribution in [2.24, 2.45) is 5.92 Å². The van der Waals surface area contributed by atoms with Crippen LogP contribution in [0.2, 0.25) is 25.7 Å². The van der Waals surface area contributed by atoms with Gasteiger partial charge in [-0.1, -0.05) is 25.7 Å². The smallest absolute Gasteiger partial charge is 0.361 e. The Labute approximate surface area is 290 Å². The lowest BCUT2D eigenvalue weighted by molar-refractivity contribution is -0.144. The van der Waals surface area contributed by atoms with Crippen LogP contribution >= 0.6 is 0 Å². The van der Waals surface area contributed by atoms with E-state index in [1.165, 1.54) is 0 Å². The van der Waals surface area contributed by atoms with Gasteiger partial charge in [0.1, 0.15) is 12.6 Å². The molecule has 1 aliphatic rings. The summed E-state index contributed by atoms with van der Waals surface area (Å²) < 4.78 is 114. The lowest BCUT2D eigenvalue weighted by Gasteiger charge is -2.34. The van der Waals surface area contributed by atoms with E-state index in [4.69, 9.17) is 9.72 Å². The summed E-state index contributed by atoms with van der Waals surface area (Å²) in [5.74, 6) is -5.27. The van der Waals surface area contributed by atoms with Gasteiger partial charge in [-0.25, -0.2) is 13.8 Å². The number of aromatic nitrogens is 5. The molecule has 284 valence electrons. The van der Waals surface area contributed by atoms with Crippen LogP contribution in [0.25, 0.3) is 11.0 Å². The highest BCUT2D eigenvalue weighted by molar-refractivity contribution is 6.76. The van der Waals surface area contributed by atoms with E-state index < -0.39 is 88.4 Å². The fraction of sp³-hybridized carbons (Fsp3) is 0.656. The van der Waals surface area contributed by atoms with Crippen LogP contribution in [0, 0.1) is 5.92 Å². The normalized spacial score (nSPS) is 18.1. The van der Waals surface area contributed by atoms with E-state index in [2.05, 4.69) is 40.5 Å². The molecule has 1 saturated carbocycles. The van der Waals surface area contributed by atoms with E-state index in [1.54, 1.807) is 29.7 Å². The van der Waals surface area contributed by atoms with E-state index in [1.807, 2.05) is 0 Å². The SMILES string of the molecule is C[C@@H](NC(=O)CCC(F)(F)F)c1ccc2c(c1)nc([C@@H](NC(=O)c1cnn(CCC(F)(F)F)n1)[C@@H]1CCCC(F)(F)C1)n2COCC[Si](C)(C)C. The number of nitrogens with zero attached hydrogens (tertiary/aromatic N) is 5. The van der Waals surface area contributed by atoms with Gasteiger partial charge in [0, 0.05) is 33.9 Å². The third-order valence-electron chi connectivity index (χ3n) is 8.61. The molecule has 2 aromatic heterocycles.